The second kappa shape index (κ2) is 15.4. The number of halogens is 1. The van der Waals surface area contributed by atoms with Crippen molar-refractivity contribution in [2.75, 3.05) is 7.11 Å². The zero-order valence-electron chi connectivity index (χ0n) is 24.3. The summed E-state index contributed by atoms with van der Waals surface area (Å²) >= 11 is -3.24. The summed E-state index contributed by atoms with van der Waals surface area (Å²) < 4.78 is 31.4. The molecule has 0 fully saturated rings. The van der Waals surface area contributed by atoms with E-state index in [-0.39, 0.29) is 17.4 Å². The minimum atomic E-state index is -3.24. The van der Waals surface area contributed by atoms with Gasteiger partial charge in [0, 0.05) is 0 Å². The number of ether oxygens (including phenoxy) is 2. The van der Waals surface area contributed by atoms with Gasteiger partial charge in [0.15, 0.2) is 0 Å². The van der Waals surface area contributed by atoms with Gasteiger partial charge in [-0.3, -0.25) is 0 Å². The van der Waals surface area contributed by atoms with Crippen molar-refractivity contribution in [2.24, 2.45) is 0 Å². The Labute approximate surface area is 237 Å². The van der Waals surface area contributed by atoms with Crippen LogP contribution in [0.25, 0.3) is 0 Å². The minimum absolute atomic E-state index is 0.0156. The molecular weight excluding hydrogens is 598 g/mol. The van der Waals surface area contributed by atoms with E-state index in [9.17, 15) is 9.18 Å². The Morgan fingerprint density at radius 2 is 1.46 bits per heavy atom. The second-order valence-corrected chi connectivity index (χ2v) is 23.6. The van der Waals surface area contributed by atoms with E-state index in [2.05, 4.69) is 25.9 Å². The van der Waals surface area contributed by atoms with E-state index in [1.807, 2.05) is 31.2 Å². The molecule has 0 bridgehead atoms. The molecule has 1 heterocycles. The van der Waals surface area contributed by atoms with Gasteiger partial charge in [-0.15, -0.1) is 0 Å². The summed E-state index contributed by atoms with van der Waals surface area (Å²) in [6, 6.07) is 13.9. The fourth-order valence-corrected chi connectivity index (χ4v) is 22.0. The molecule has 0 amide bonds. The molecule has 3 aromatic rings. The molecule has 39 heavy (non-hydrogen) atoms. The third kappa shape index (κ3) is 8.09. The van der Waals surface area contributed by atoms with Gasteiger partial charge in [0.2, 0.25) is 0 Å². The molecule has 0 spiro atoms. The number of benzene rings is 2. The van der Waals surface area contributed by atoms with E-state index < -0.39 is 18.4 Å². The van der Waals surface area contributed by atoms with Crippen LogP contribution < -0.4 is 18.6 Å². The molecule has 0 N–H and O–H groups in total. The summed E-state index contributed by atoms with van der Waals surface area (Å²) in [5.74, 6) is 1.17. The molecule has 0 aliphatic carbocycles. The first kappa shape index (κ1) is 31.2. The van der Waals surface area contributed by atoms with Gasteiger partial charge in [-0.05, 0) is 0 Å². The number of aromatic nitrogens is 2. The fraction of sp³-hybridized carbons (Fsp3) is 0.500. The molecule has 1 unspecified atom stereocenters. The predicted octanol–water partition coefficient (Wildman–Crippen LogP) is 7.64. The van der Waals surface area contributed by atoms with Gasteiger partial charge in [0.1, 0.15) is 0 Å². The van der Waals surface area contributed by atoms with Crippen LogP contribution in [0.3, 0.4) is 0 Å². The van der Waals surface area contributed by atoms with E-state index in [0.29, 0.717) is 12.4 Å². The number of rotatable bonds is 16. The van der Waals surface area contributed by atoms with Crippen LogP contribution in [-0.2, 0) is 6.61 Å². The Morgan fingerprint density at radius 1 is 0.897 bits per heavy atom. The van der Waals surface area contributed by atoms with Crippen LogP contribution in [0.2, 0.25) is 13.3 Å². The quantitative estimate of drug-likeness (QED) is 0.151. The normalized spacial score (nSPS) is 12.4. The van der Waals surface area contributed by atoms with Gasteiger partial charge < -0.3 is 0 Å². The van der Waals surface area contributed by atoms with E-state index in [1.54, 1.807) is 30.1 Å². The Balaban J connectivity index is 2.14. The Kier molecular flexibility index (Phi) is 12.3. The first-order chi connectivity index (χ1) is 18.9. The molecule has 0 saturated heterocycles. The molecule has 0 aliphatic rings. The summed E-state index contributed by atoms with van der Waals surface area (Å²) in [5, 5.41) is 4.63. The van der Waals surface area contributed by atoms with E-state index in [1.165, 1.54) is 12.1 Å². The Morgan fingerprint density at radius 3 is 1.97 bits per heavy atom. The Bertz CT molecular complexity index is 1190. The van der Waals surface area contributed by atoms with Crippen molar-refractivity contribution in [3.05, 3.63) is 82.0 Å². The van der Waals surface area contributed by atoms with Crippen LogP contribution in [0.4, 0.5) is 4.39 Å². The van der Waals surface area contributed by atoms with Crippen LogP contribution in [0.5, 0.6) is 11.5 Å². The van der Waals surface area contributed by atoms with Gasteiger partial charge in [-0.2, -0.15) is 0 Å². The molecule has 1 aromatic heterocycles. The van der Waals surface area contributed by atoms with Gasteiger partial charge in [0.05, 0.1) is 0 Å². The fourth-order valence-electron chi connectivity index (χ4n) is 5.39. The first-order valence-corrected chi connectivity index (χ1v) is 22.0. The maximum atomic E-state index is 14.5. The third-order valence-electron chi connectivity index (χ3n) is 7.80. The molecule has 5 nitrogen and oxygen atoms in total. The van der Waals surface area contributed by atoms with Crippen molar-refractivity contribution in [2.45, 2.75) is 92.2 Å². The molecule has 3 rings (SSSR count). The van der Waals surface area contributed by atoms with Crippen LogP contribution in [-0.4, -0.2) is 35.3 Å². The average Bonchev–Trinajstić information content (AvgIpc) is 2.96. The number of hydrogen-bond acceptors (Lipinski definition) is 4. The van der Waals surface area contributed by atoms with E-state index >= 15 is 0 Å². The molecule has 1 atom stereocenters. The van der Waals surface area contributed by atoms with Crippen LogP contribution in [0.1, 0.15) is 83.4 Å². The van der Waals surface area contributed by atoms with Gasteiger partial charge in [-0.1, -0.05) is 0 Å². The SMILES string of the molecule is CCC[CH2][Sn]([CH2]CCC)([CH2]CCC)[c]1c(OCc2ccc(OC)cc2)cnn(C(C)c2ccc(F)cc2)c1=O. The molecule has 212 valence electrons. The van der Waals surface area contributed by atoms with Crippen LogP contribution >= 0.6 is 0 Å². The second-order valence-electron chi connectivity index (χ2n) is 10.6. The summed E-state index contributed by atoms with van der Waals surface area (Å²) in [5.41, 5.74) is 1.86. The summed E-state index contributed by atoms with van der Waals surface area (Å²) in [4.78, 5) is 14.5. The molecular formula is C32H45FN2O3Sn. The zero-order chi connectivity index (χ0) is 28.3. The molecule has 2 aromatic carbocycles. The molecule has 0 aliphatic heterocycles. The first-order valence-electron chi connectivity index (χ1n) is 14.5. The van der Waals surface area contributed by atoms with Crippen LogP contribution in [0, 0.1) is 5.82 Å². The standard InChI is InChI=1S/C20H18FN2O3.3C4H9.Sn/c1-14(16-5-7-17(21)8-6-16)23-20(24)11-19(12-22-23)26-13-15-3-9-18(25-2)10-4-15;3*1-3-4-2;/h3-10,12,14H,13H2,1-2H3;3*1,3-4H2,2H3;. The summed E-state index contributed by atoms with van der Waals surface area (Å²) in [6.45, 7) is 9.04. The van der Waals surface area contributed by atoms with Gasteiger partial charge in [-0.25, -0.2) is 0 Å². The van der Waals surface area contributed by atoms with Crippen LogP contribution in [0.15, 0.2) is 59.5 Å². The molecule has 7 heteroatoms. The average molecular weight is 643 g/mol. The number of nitrogens with zero attached hydrogens (tertiary/aromatic N) is 2. The van der Waals surface area contributed by atoms with Crippen molar-refractivity contribution >= 4 is 22.0 Å². The van der Waals surface area contributed by atoms with Gasteiger partial charge >= 0.3 is 238 Å². The van der Waals surface area contributed by atoms with Crippen molar-refractivity contribution in [3.63, 3.8) is 0 Å². The van der Waals surface area contributed by atoms with Crippen molar-refractivity contribution in [1.82, 2.24) is 9.78 Å². The van der Waals surface area contributed by atoms with Crippen molar-refractivity contribution in [1.29, 1.82) is 0 Å². The molecule has 0 saturated carbocycles. The van der Waals surface area contributed by atoms with Crippen molar-refractivity contribution < 1.29 is 13.9 Å². The number of hydrogen-bond donors (Lipinski definition) is 0. The monoisotopic (exact) mass is 644 g/mol. The maximum absolute atomic E-state index is 14.5. The topological polar surface area (TPSA) is 53.4 Å². The third-order valence-corrected chi connectivity index (χ3v) is 23.4. The van der Waals surface area contributed by atoms with Gasteiger partial charge in [0.25, 0.3) is 0 Å². The molecule has 0 radical (unpaired) electrons. The summed E-state index contributed by atoms with van der Waals surface area (Å²) in [6.07, 6.45) is 8.53. The Hall–Kier alpha value is -2.35. The van der Waals surface area contributed by atoms with Crippen molar-refractivity contribution in [3.8, 4) is 11.5 Å². The number of methoxy groups -OCH3 is 1. The van der Waals surface area contributed by atoms with E-state index in [4.69, 9.17) is 9.47 Å². The number of unbranched alkanes of at least 4 members (excludes halogenated alkanes) is 3. The van der Waals surface area contributed by atoms with E-state index in [0.717, 1.165) is 72.3 Å². The predicted molar refractivity (Wildman–Crippen MR) is 161 cm³/mol. The summed E-state index contributed by atoms with van der Waals surface area (Å²) in [7, 11) is 1.65. The zero-order valence-corrected chi connectivity index (χ0v) is 27.2.